The van der Waals surface area contributed by atoms with E-state index in [0.29, 0.717) is 26.0 Å². The molecule has 0 aliphatic heterocycles. The second kappa shape index (κ2) is 3.98. The molecule has 0 aliphatic rings. The number of rotatable bonds is 1. The van der Waals surface area contributed by atoms with E-state index in [4.69, 9.17) is 34.8 Å². The molecular weight excluding hydrogens is 265 g/mol. The molecular formula is C7H2Cl3N3S. The molecule has 2 heterocycles. The highest BCUT2D eigenvalue weighted by atomic mass is 35.5. The van der Waals surface area contributed by atoms with Crippen molar-refractivity contribution in [3.8, 4) is 11.5 Å². The van der Waals surface area contributed by atoms with Crippen LogP contribution in [-0.4, -0.2) is 14.3 Å². The van der Waals surface area contributed by atoms with Gasteiger partial charge in [0, 0.05) is 6.20 Å². The van der Waals surface area contributed by atoms with Crippen LogP contribution in [0.4, 0.5) is 0 Å². The Morgan fingerprint density at radius 1 is 1.21 bits per heavy atom. The van der Waals surface area contributed by atoms with Crippen LogP contribution in [0.1, 0.15) is 0 Å². The molecule has 0 aromatic carbocycles. The fraction of sp³-hybridized carbons (Fsp3) is 0. The number of hydrogen-bond acceptors (Lipinski definition) is 4. The molecule has 3 nitrogen and oxygen atoms in total. The summed E-state index contributed by atoms with van der Waals surface area (Å²) in [5.41, 5.74) is 0.485. The molecule has 0 spiro atoms. The maximum atomic E-state index is 5.91. The lowest BCUT2D eigenvalue weighted by molar-refractivity contribution is 1.23. The molecule has 14 heavy (non-hydrogen) atoms. The molecule has 0 aliphatic carbocycles. The Labute approximate surface area is 98.8 Å². The van der Waals surface area contributed by atoms with E-state index in [2.05, 4.69) is 14.3 Å². The molecule has 0 radical (unpaired) electrons. The van der Waals surface area contributed by atoms with Crippen molar-refractivity contribution in [2.75, 3.05) is 0 Å². The van der Waals surface area contributed by atoms with Crippen molar-refractivity contribution >= 4 is 46.3 Å². The molecule has 0 atom stereocenters. The van der Waals surface area contributed by atoms with Gasteiger partial charge in [-0.05, 0) is 29.2 Å². The Hall–Kier alpha value is -0.420. The van der Waals surface area contributed by atoms with Crippen LogP contribution in [0.3, 0.4) is 0 Å². The average Bonchev–Trinajstić information content (AvgIpc) is 2.51. The van der Waals surface area contributed by atoms with Gasteiger partial charge in [0.05, 0.1) is 10.0 Å². The minimum absolute atomic E-state index is 0.354. The van der Waals surface area contributed by atoms with Gasteiger partial charge in [-0.2, -0.15) is 4.37 Å². The highest BCUT2D eigenvalue weighted by Gasteiger charge is 2.10. The van der Waals surface area contributed by atoms with Crippen molar-refractivity contribution in [3.63, 3.8) is 0 Å². The normalized spacial score (nSPS) is 10.5. The van der Waals surface area contributed by atoms with Crippen LogP contribution in [0, 0.1) is 0 Å². The third-order valence-corrected chi connectivity index (χ3v) is 2.71. The summed E-state index contributed by atoms with van der Waals surface area (Å²) in [6.07, 6.45) is 1.48. The van der Waals surface area contributed by atoms with E-state index >= 15 is 0 Å². The van der Waals surface area contributed by atoms with E-state index in [1.165, 1.54) is 6.20 Å². The van der Waals surface area contributed by atoms with E-state index in [0.717, 1.165) is 11.5 Å². The molecule has 0 unspecified atom stereocenters. The van der Waals surface area contributed by atoms with Gasteiger partial charge in [0.25, 0.3) is 0 Å². The molecule has 2 aromatic rings. The standard InChI is InChI=1S/C7H2Cl3N3S/c8-3-1-4(9)5(11-2-3)6-12-7(10)14-13-6/h1-2H. The number of pyridine rings is 1. The minimum Gasteiger partial charge on any atom is -0.250 e. The number of nitrogens with zero attached hydrogens (tertiary/aromatic N) is 3. The third kappa shape index (κ3) is 1.98. The lowest BCUT2D eigenvalue weighted by atomic mass is 10.3. The van der Waals surface area contributed by atoms with Crippen molar-refractivity contribution < 1.29 is 0 Å². The van der Waals surface area contributed by atoms with Gasteiger partial charge in [-0.25, -0.2) is 9.97 Å². The van der Waals surface area contributed by atoms with E-state index in [-0.39, 0.29) is 0 Å². The third-order valence-electron chi connectivity index (χ3n) is 1.42. The van der Waals surface area contributed by atoms with Gasteiger partial charge in [0.15, 0.2) is 5.82 Å². The average molecular weight is 267 g/mol. The minimum atomic E-state index is 0.354. The largest absolute Gasteiger partial charge is 0.250 e. The van der Waals surface area contributed by atoms with Gasteiger partial charge in [-0.3, -0.25) is 0 Å². The van der Waals surface area contributed by atoms with Crippen molar-refractivity contribution in [2.24, 2.45) is 0 Å². The lowest BCUT2D eigenvalue weighted by Gasteiger charge is -1.97. The summed E-state index contributed by atoms with van der Waals surface area (Å²) in [7, 11) is 0. The zero-order valence-corrected chi connectivity index (χ0v) is 9.62. The van der Waals surface area contributed by atoms with Crippen molar-refractivity contribution in [2.45, 2.75) is 0 Å². The van der Waals surface area contributed by atoms with Crippen LogP contribution in [-0.2, 0) is 0 Å². The number of halogens is 3. The summed E-state index contributed by atoms with van der Waals surface area (Å²) in [6, 6.07) is 1.58. The molecule has 2 aromatic heterocycles. The van der Waals surface area contributed by atoms with Crippen LogP contribution >= 0.6 is 46.3 Å². The molecule has 0 fully saturated rings. The zero-order valence-electron chi connectivity index (χ0n) is 6.54. The van der Waals surface area contributed by atoms with E-state index in [1.54, 1.807) is 6.07 Å². The Balaban J connectivity index is 2.52. The second-order valence-electron chi connectivity index (χ2n) is 2.35. The molecule has 0 saturated heterocycles. The topological polar surface area (TPSA) is 38.7 Å². The Kier molecular flexibility index (Phi) is 2.88. The van der Waals surface area contributed by atoms with Crippen LogP contribution in [0.15, 0.2) is 12.3 Å². The van der Waals surface area contributed by atoms with Crippen molar-refractivity contribution in [1.82, 2.24) is 14.3 Å². The summed E-state index contributed by atoms with van der Waals surface area (Å²) in [6.45, 7) is 0. The molecule has 72 valence electrons. The highest BCUT2D eigenvalue weighted by molar-refractivity contribution is 7.10. The first kappa shape index (κ1) is 10.1. The summed E-state index contributed by atoms with van der Waals surface area (Å²) in [4.78, 5) is 7.97. The first-order valence-electron chi connectivity index (χ1n) is 3.47. The Bertz CT molecular complexity index is 471. The molecule has 0 amide bonds. The monoisotopic (exact) mass is 265 g/mol. The van der Waals surface area contributed by atoms with Gasteiger partial charge in [0.2, 0.25) is 4.47 Å². The molecule has 2 rings (SSSR count). The molecule has 0 N–H and O–H groups in total. The van der Waals surface area contributed by atoms with Crippen molar-refractivity contribution in [1.29, 1.82) is 0 Å². The van der Waals surface area contributed by atoms with E-state index in [9.17, 15) is 0 Å². The zero-order chi connectivity index (χ0) is 10.1. The quantitative estimate of drug-likeness (QED) is 0.792. The maximum absolute atomic E-state index is 5.91. The fourth-order valence-corrected chi connectivity index (χ4v) is 1.94. The number of hydrogen-bond donors (Lipinski definition) is 0. The van der Waals surface area contributed by atoms with Crippen LogP contribution in [0.25, 0.3) is 11.5 Å². The van der Waals surface area contributed by atoms with Crippen LogP contribution in [0.5, 0.6) is 0 Å². The predicted molar refractivity (Wildman–Crippen MR) is 58.2 cm³/mol. The summed E-state index contributed by atoms with van der Waals surface area (Å²) >= 11 is 18.3. The molecule has 0 saturated carbocycles. The second-order valence-corrected chi connectivity index (χ2v) is 4.53. The first-order valence-corrected chi connectivity index (χ1v) is 5.38. The van der Waals surface area contributed by atoms with Crippen LogP contribution < -0.4 is 0 Å². The van der Waals surface area contributed by atoms with Crippen LogP contribution in [0.2, 0.25) is 14.5 Å². The van der Waals surface area contributed by atoms with Gasteiger partial charge in [-0.15, -0.1) is 0 Å². The maximum Gasteiger partial charge on any atom is 0.203 e. The first-order chi connectivity index (χ1) is 6.66. The van der Waals surface area contributed by atoms with Gasteiger partial charge in [-0.1, -0.05) is 23.2 Å². The SMILES string of the molecule is Clc1cnc(-c2nsc(Cl)n2)c(Cl)c1. The summed E-state index contributed by atoms with van der Waals surface area (Å²) in [5.74, 6) is 0.418. The highest BCUT2D eigenvalue weighted by Crippen LogP contribution is 2.27. The van der Waals surface area contributed by atoms with E-state index < -0.39 is 0 Å². The van der Waals surface area contributed by atoms with E-state index in [1.807, 2.05) is 0 Å². The van der Waals surface area contributed by atoms with Gasteiger partial charge < -0.3 is 0 Å². The summed E-state index contributed by atoms with van der Waals surface area (Å²) in [5, 5.41) is 0.882. The Morgan fingerprint density at radius 3 is 2.57 bits per heavy atom. The van der Waals surface area contributed by atoms with Crippen molar-refractivity contribution in [3.05, 3.63) is 26.8 Å². The summed E-state index contributed by atoms with van der Waals surface area (Å²) < 4.78 is 4.34. The Morgan fingerprint density at radius 2 is 2.00 bits per heavy atom. The fourth-order valence-electron chi connectivity index (χ4n) is 0.880. The predicted octanol–water partition coefficient (Wildman–Crippen LogP) is 3.56. The molecule has 7 heteroatoms. The molecule has 0 bridgehead atoms. The number of aromatic nitrogens is 3. The smallest absolute Gasteiger partial charge is 0.203 e. The van der Waals surface area contributed by atoms with Gasteiger partial charge >= 0.3 is 0 Å². The van der Waals surface area contributed by atoms with Gasteiger partial charge in [0.1, 0.15) is 5.69 Å². The lowest BCUT2D eigenvalue weighted by Crippen LogP contribution is -1.86.